The van der Waals surface area contributed by atoms with Crippen molar-refractivity contribution in [2.75, 3.05) is 5.32 Å². The van der Waals surface area contributed by atoms with Crippen LogP contribution in [0.4, 0.5) is 6.01 Å². The number of carbonyl (C=O) groups is 1. The fourth-order valence-corrected chi connectivity index (χ4v) is 1.79. The highest BCUT2D eigenvalue weighted by Crippen LogP contribution is 2.18. The smallest absolute Gasteiger partial charge is 0.322 e. The Morgan fingerprint density at radius 3 is 2.71 bits per heavy atom. The van der Waals surface area contributed by atoms with Crippen LogP contribution in [0.5, 0.6) is 0 Å². The molecule has 0 fully saturated rings. The van der Waals surface area contributed by atoms with Crippen LogP contribution in [-0.2, 0) is 14.1 Å². The lowest BCUT2D eigenvalue weighted by Crippen LogP contribution is -2.13. The van der Waals surface area contributed by atoms with Gasteiger partial charge in [0, 0.05) is 26.0 Å². The number of aryl methyl sites for hydroxylation is 3. The molecule has 0 bridgehead atoms. The molecule has 3 aromatic heterocycles. The van der Waals surface area contributed by atoms with Crippen molar-refractivity contribution >= 4 is 11.9 Å². The Kier molecular flexibility index (Phi) is 3.01. The van der Waals surface area contributed by atoms with E-state index < -0.39 is 5.91 Å². The highest BCUT2D eigenvalue weighted by molar-refractivity contribution is 6.01. The zero-order chi connectivity index (χ0) is 15.0. The molecule has 3 aromatic rings. The summed E-state index contributed by atoms with van der Waals surface area (Å²) in [6.07, 6.45) is 1.62. The maximum Gasteiger partial charge on any atom is 0.322 e. The highest BCUT2D eigenvalue weighted by Gasteiger charge is 2.16. The van der Waals surface area contributed by atoms with Crippen molar-refractivity contribution in [3.05, 3.63) is 29.7 Å². The summed E-state index contributed by atoms with van der Waals surface area (Å²) < 4.78 is 8.60. The van der Waals surface area contributed by atoms with Crippen LogP contribution >= 0.6 is 0 Å². The van der Waals surface area contributed by atoms with Crippen molar-refractivity contribution in [1.29, 1.82) is 0 Å². The average molecular weight is 287 g/mol. The highest BCUT2D eigenvalue weighted by atomic mass is 16.4. The van der Waals surface area contributed by atoms with Crippen molar-refractivity contribution < 1.29 is 9.21 Å². The molecular weight excluding hydrogens is 274 g/mol. The summed E-state index contributed by atoms with van der Waals surface area (Å²) in [5, 5.41) is 18.3. The normalized spacial score (nSPS) is 10.8. The first-order valence-electron chi connectivity index (χ1n) is 6.18. The molecule has 0 aliphatic rings. The molecule has 0 unspecified atom stereocenters. The number of carbonyl (C=O) groups excluding carboxylic acids is 1. The van der Waals surface area contributed by atoms with Gasteiger partial charge in [0.2, 0.25) is 0 Å². The van der Waals surface area contributed by atoms with Gasteiger partial charge in [-0.15, -0.1) is 5.10 Å². The number of nitrogens with zero attached hydrogens (tertiary/aromatic N) is 6. The minimum Gasteiger partial charge on any atom is -0.401 e. The third-order valence-corrected chi connectivity index (χ3v) is 3.03. The molecule has 3 heterocycles. The van der Waals surface area contributed by atoms with E-state index in [0.717, 1.165) is 5.69 Å². The predicted molar refractivity (Wildman–Crippen MR) is 72.4 cm³/mol. The number of nitrogens with one attached hydrogen (secondary N) is 1. The molecule has 0 aliphatic carbocycles. The lowest BCUT2D eigenvalue weighted by molar-refractivity contribution is 0.101. The Balaban J connectivity index is 1.78. The Morgan fingerprint density at radius 1 is 1.29 bits per heavy atom. The zero-order valence-electron chi connectivity index (χ0n) is 11.7. The monoisotopic (exact) mass is 287 g/mol. The van der Waals surface area contributed by atoms with Crippen molar-refractivity contribution in [2.24, 2.45) is 14.1 Å². The number of hydrogen-bond acceptors (Lipinski definition) is 6. The van der Waals surface area contributed by atoms with Crippen LogP contribution in [0.1, 0.15) is 16.2 Å². The van der Waals surface area contributed by atoms with Crippen LogP contribution in [-0.4, -0.2) is 35.7 Å². The third-order valence-electron chi connectivity index (χ3n) is 3.03. The second-order valence-electron chi connectivity index (χ2n) is 4.50. The van der Waals surface area contributed by atoms with Crippen LogP contribution < -0.4 is 5.32 Å². The zero-order valence-corrected chi connectivity index (χ0v) is 11.7. The van der Waals surface area contributed by atoms with Gasteiger partial charge < -0.3 is 4.42 Å². The van der Waals surface area contributed by atoms with E-state index in [-0.39, 0.29) is 17.6 Å². The molecule has 3 rings (SSSR count). The molecule has 1 amide bonds. The van der Waals surface area contributed by atoms with Gasteiger partial charge in [-0.05, 0) is 19.1 Å². The molecule has 0 spiro atoms. The van der Waals surface area contributed by atoms with E-state index in [0.29, 0.717) is 5.69 Å². The Morgan fingerprint density at radius 2 is 2.10 bits per heavy atom. The maximum atomic E-state index is 12.0. The van der Waals surface area contributed by atoms with Crippen molar-refractivity contribution in [2.45, 2.75) is 6.92 Å². The molecule has 9 nitrogen and oxygen atoms in total. The van der Waals surface area contributed by atoms with Crippen molar-refractivity contribution in [3.63, 3.8) is 0 Å². The predicted octanol–water partition coefficient (Wildman–Crippen LogP) is 0.764. The van der Waals surface area contributed by atoms with E-state index in [4.69, 9.17) is 4.42 Å². The molecule has 108 valence electrons. The van der Waals surface area contributed by atoms with Gasteiger partial charge in [0.1, 0.15) is 5.69 Å². The number of aromatic nitrogens is 6. The van der Waals surface area contributed by atoms with Gasteiger partial charge >= 0.3 is 6.01 Å². The first kappa shape index (κ1) is 13.0. The topological polar surface area (TPSA) is 104 Å². The maximum absolute atomic E-state index is 12.0. The van der Waals surface area contributed by atoms with E-state index in [2.05, 4.69) is 25.7 Å². The molecule has 9 heteroatoms. The third kappa shape index (κ3) is 2.40. The summed E-state index contributed by atoms with van der Waals surface area (Å²) >= 11 is 0. The van der Waals surface area contributed by atoms with Gasteiger partial charge in [-0.3, -0.25) is 19.5 Å². The lowest BCUT2D eigenvalue weighted by atomic mass is 10.3. The van der Waals surface area contributed by atoms with Crippen molar-refractivity contribution in [3.8, 4) is 11.6 Å². The summed E-state index contributed by atoms with van der Waals surface area (Å²) in [6, 6.07) is 3.43. The van der Waals surface area contributed by atoms with Gasteiger partial charge in [-0.1, -0.05) is 5.10 Å². The summed E-state index contributed by atoms with van der Waals surface area (Å²) in [5.74, 6) is -0.124. The van der Waals surface area contributed by atoms with E-state index in [1.54, 1.807) is 41.8 Å². The molecule has 0 aliphatic heterocycles. The minimum absolute atomic E-state index is 0.0134. The van der Waals surface area contributed by atoms with Gasteiger partial charge in [0.25, 0.3) is 11.8 Å². The quantitative estimate of drug-likeness (QED) is 0.762. The van der Waals surface area contributed by atoms with E-state index in [1.165, 1.54) is 0 Å². The molecule has 21 heavy (non-hydrogen) atoms. The standard InChI is InChI=1S/C12H13N7O2/c1-7-6-8(17-18(7)2)10(20)14-12-16-15-11(21-12)9-4-5-13-19(9)3/h4-6H,1-3H3,(H,14,16,20). The fourth-order valence-electron chi connectivity index (χ4n) is 1.79. The van der Waals surface area contributed by atoms with E-state index in [1.807, 2.05) is 6.92 Å². The Bertz CT molecular complexity index is 779. The number of anilines is 1. The summed E-state index contributed by atoms with van der Waals surface area (Å²) in [5.41, 5.74) is 1.83. The van der Waals surface area contributed by atoms with Gasteiger partial charge in [-0.2, -0.15) is 10.2 Å². The fraction of sp³-hybridized carbons (Fsp3) is 0.250. The SMILES string of the molecule is Cc1cc(C(=O)Nc2nnc(-c3ccnn3C)o2)nn1C. The Labute approximate surface area is 119 Å². The van der Waals surface area contributed by atoms with E-state index in [9.17, 15) is 4.79 Å². The second-order valence-corrected chi connectivity index (χ2v) is 4.50. The first-order chi connectivity index (χ1) is 10.0. The summed E-state index contributed by atoms with van der Waals surface area (Å²) in [7, 11) is 3.52. The number of amides is 1. The molecule has 0 aromatic carbocycles. The van der Waals surface area contributed by atoms with Crippen LogP contribution in [0.3, 0.4) is 0 Å². The average Bonchev–Trinajstić information content (AvgIpc) is 3.12. The molecule has 0 radical (unpaired) electrons. The van der Waals surface area contributed by atoms with Crippen LogP contribution in [0.15, 0.2) is 22.7 Å². The number of rotatable bonds is 3. The largest absolute Gasteiger partial charge is 0.401 e. The van der Waals surface area contributed by atoms with E-state index >= 15 is 0 Å². The molecule has 0 saturated heterocycles. The van der Waals surface area contributed by atoms with Crippen LogP contribution in [0, 0.1) is 6.92 Å². The minimum atomic E-state index is -0.404. The van der Waals surface area contributed by atoms with Crippen LogP contribution in [0.25, 0.3) is 11.6 Å². The van der Waals surface area contributed by atoms with Crippen LogP contribution in [0.2, 0.25) is 0 Å². The summed E-state index contributed by atoms with van der Waals surface area (Å²) in [6.45, 7) is 1.86. The molecule has 1 N–H and O–H groups in total. The first-order valence-corrected chi connectivity index (χ1v) is 6.18. The van der Waals surface area contributed by atoms with Gasteiger partial charge in [-0.25, -0.2) is 0 Å². The Hall–Kier alpha value is -2.97. The second kappa shape index (κ2) is 4.85. The lowest BCUT2D eigenvalue weighted by Gasteiger charge is -1.96. The van der Waals surface area contributed by atoms with Gasteiger partial charge in [0.05, 0.1) is 0 Å². The van der Waals surface area contributed by atoms with Crippen molar-refractivity contribution in [1.82, 2.24) is 29.8 Å². The summed E-state index contributed by atoms with van der Waals surface area (Å²) in [4.78, 5) is 12.0. The van der Waals surface area contributed by atoms with Gasteiger partial charge in [0.15, 0.2) is 5.69 Å². The molecule has 0 atom stereocenters. The molecule has 0 saturated carbocycles. The molecular formula is C12H13N7O2. The number of hydrogen-bond donors (Lipinski definition) is 1.